The van der Waals surface area contributed by atoms with Gasteiger partial charge in [-0.25, -0.2) is 9.79 Å². The van der Waals surface area contributed by atoms with Crippen molar-refractivity contribution in [3.8, 4) is 0 Å². The molecule has 0 aromatic heterocycles. The zero-order valence-electron chi connectivity index (χ0n) is 11.7. The third kappa shape index (κ3) is 2.35. The number of carboxylic acid groups (broad SMARTS) is 1. The van der Waals surface area contributed by atoms with E-state index in [1.165, 1.54) is 30.5 Å². The molecule has 2 unspecified atom stereocenters. The molecule has 3 heterocycles. The van der Waals surface area contributed by atoms with Crippen LogP contribution < -0.4 is 5.73 Å². The van der Waals surface area contributed by atoms with Gasteiger partial charge in [-0.15, -0.1) is 11.8 Å². The van der Waals surface area contributed by atoms with E-state index in [1.807, 2.05) is 0 Å². The summed E-state index contributed by atoms with van der Waals surface area (Å²) >= 11 is 2.40. The highest BCUT2D eigenvalue weighted by atomic mass is 32.2. The van der Waals surface area contributed by atoms with Gasteiger partial charge in [0.05, 0.1) is 5.37 Å². The number of carbonyl (C=O) groups is 3. The lowest BCUT2D eigenvalue weighted by molar-refractivity contribution is -0.164. The second-order valence-corrected chi connectivity index (χ2v) is 7.25. The zero-order chi connectivity index (χ0) is 16.6. The lowest BCUT2D eigenvalue weighted by Gasteiger charge is -2.55. The fourth-order valence-electron chi connectivity index (χ4n) is 2.56. The number of hydrogen-bond donors (Lipinski definition) is 2. The van der Waals surface area contributed by atoms with E-state index in [9.17, 15) is 19.5 Å². The van der Waals surface area contributed by atoms with E-state index < -0.39 is 28.0 Å². The highest BCUT2D eigenvalue weighted by Crippen LogP contribution is 2.52. The van der Waals surface area contributed by atoms with Crippen LogP contribution >= 0.6 is 23.7 Å². The monoisotopic (exact) mass is 355 g/mol. The first-order chi connectivity index (χ1) is 11.0. The summed E-state index contributed by atoms with van der Waals surface area (Å²) in [6.07, 6.45) is 4.90. The summed E-state index contributed by atoms with van der Waals surface area (Å²) in [7, 11) is 0. The second kappa shape index (κ2) is 5.98. The Balaban J connectivity index is 1.82. The van der Waals surface area contributed by atoms with Gasteiger partial charge >= 0.3 is 5.97 Å². The summed E-state index contributed by atoms with van der Waals surface area (Å²) in [5.74, 6) is -1.38. The van der Waals surface area contributed by atoms with E-state index in [0.717, 1.165) is 16.8 Å². The molecule has 11 heteroatoms. The molecule has 1 fully saturated rings. The summed E-state index contributed by atoms with van der Waals surface area (Å²) in [6, 6.07) is 0. The van der Waals surface area contributed by atoms with Crippen molar-refractivity contribution in [3.63, 3.8) is 0 Å². The van der Waals surface area contributed by atoms with Crippen molar-refractivity contribution in [2.75, 3.05) is 12.4 Å². The van der Waals surface area contributed by atoms with Gasteiger partial charge in [-0.1, -0.05) is 0 Å². The Kier molecular flexibility index (Phi) is 4.17. The first-order valence-electron chi connectivity index (χ1n) is 6.58. The summed E-state index contributed by atoms with van der Waals surface area (Å²) in [5, 5.41) is 7.70. The number of hydrogen-bond acceptors (Lipinski definition) is 9. The van der Waals surface area contributed by atoms with Crippen molar-refractivity contribution >= 4 is 54.5 Å². The minimum Gasteiger partial charge on any atom is -0.477 e. The molecule has 0 radical (unpaired) electrons. The third-order valence-electron chi connectivity index (χ3n) is 3.72. The average molecular weight is 355 g/mol. The highest BCUT2D eigenvalue weighted by molar-refractivity contribution is 8.00. The number of aldehydes is 1. The van der Waals surface area contributed by atoms with Crippen molar-refractivity contribution in [2.45, 2.75) is 10.7 Å². The van der Waals surface area contributed by atoms with Crippen molar-refractivity contribution in [1.82, 2.24) is 9.21 Å². The Hall–Kier alpha value is -1.85. The standard InChI is InChI=1S/C12H13N5O4S2/c13-9(23-16-5-14-4-15-6-16)12(3-18)10(21)17-7(8(19)20)1-2-22-11(12)17/h1,3-5,9,11H,2,6,13H2,(H,19,20)/t9?,11-,12?/m0/s1. The number of rotatable bonds is 5. The van der Waals surface area contributed by atoms with Crippen LogP contribution in [-0.2, 0) is 14.4 Å². The smallest absolute Gasteiger partial charge is 0.352 e. The summed E-state index contributed by atoms with van der Waals surface area (Å²) < 4.78 is 1.62. The number of thioether (sulfide) groups is 1. The number of amides is 1. The molecule has 0 aliphatic carbocycles. The Morgan fingerprint density at radius 1 is 1.65 bits per heavy atom. The number of aliphatic imine (C=N–C) groups is 2. The van der Waals surface area contributed by atoms with Crippen LogP contribution in [0.3, 0.4) is 0 Å². The summed E-state index contributed by atoms with van der Waals surface area (Å²) in [5.41, 5.74) is 4.56. The van der Waals surface area contributed by atoms with Crippen LogP contribution in [-0.4, -0.2) is 68.3 Å². The number of fused-ring (bicyclic) bond motifs is 1. The maximum absolute atomic E-state index is 12.5. The van der Waals surface area contributed by atoms with Gasteiger partial charge in [0.25, 0.3) is 0 Å². The highest BCUT2D eigenvalue weighted by Gasteiger charge is 2.67. The van der Waals surface area contributed by atoms with E-state index in [2.05, 4.69) is 9.98 Å². The molecule has 122 valence electrons. The van der Waals surface area contributed by atoms with E-state index in [-0.39, 0.29) is 5.70 Å². The third-order valence-corrected chi connectivity index (χ3v) is 6.09. The molecule has 0 bridgehead atoms. The maximum atomic E-state index is 12.5. The van der Waals surface area contributed by atoms with Crippen LogP contribution in [0.5, 0.6) is 0 Å². The van der Waals surface area contributed by atoms with Crippen molar-refractivity contribution in [1.29, 1.82) is 0 Å². The summed E-state index contributed by atoms with van der Waals surface area (Å²) in [6.45, 7) is 0.312. The van der Waals surface area contributed by atoms with E-state index in [4.69, 9.17) is 5.73 Å². The maximum Gasteiger partial charge on any atom is 0.352 e. The van der Waals surface area contributed by atoms with Gasteiger partial charge in [-0.2, -0.15) is 0 Å². The Morgan fingerprint density at radius 2 is 2.43 bits per heavy atom. The van der Waals surface area contributed by atoms with Crippen molar-refractivity contribution in [3.05, 3.63) is 11.8 Å². The zero-order valence-corrected chi connectivity index (χ0v) is 13.4. The molecule has 1 saturated heterocycles. The Labute approximate surface area is 139 Å². The van der Waals surface area contributed by atoms with E-state index >= 15 is 0 Å². The van der Waals surface area contributed by atoms with Gasteiger partial charge in [0, 0.05) is 5.75 Å². The molecule has 3 aliphatic heterocycles. The number of carbonyl (C=O) groups excluding carboxylic acids is 2. The number of nitrogens with zero attached hydrogens (tertiary/aromatic N) is 4. The second-order valence-electron chi connectivity index (χ2n) is 4.95. The molecule has 23 heavy (non-hydrogen) atoms. The molecular weight excluding hydrogens is 342 g/mol. The number of carboxylic acids is 1. The lowest BCUT2D eigenvalue weighted by Crippen LogP contribution is -2.74. The minimum atomic E-state index is -1.46. The molecule has 0 saturated carbocycles. The van der Waals surface area contributed by atoms with Crippen molar-refractivity contribution in [2.24, 2.45) is 21.1 Å². The molecule has 0 aromatic carbocycles. The predicted molar refractivity (Wildman–Crippen MR) is 86.6 cm³/mol. The van der Waals surface area contributed by atoms with Gasteiger partial charge in [0.1, 0.15) is 36.7 Å². The van der Waals surface area contributed by atoms with E-state index in [1.54, 1.807) is 4.31 Å². The Morgan fingerprint density at radius 3 is 3.04 bits per heavy atom. The first kappa shape index (κ1) is 16.0. The quantitative estimate of drug-likeness (QED) is 0.218. The van der Waals surface area contributed by atoms with Gasteiger partial charge in [-0.05, 0) is 18.0 Å². The molecule has 0 spiro atoms. The topological polar surface area (TPSA) is 129 Å². The van der Waals surface area contributed by atoms with Crippen molar-refractivity contribution < 1.29 is 19.5 Å². The van der Waals surface area contributed by atoms with Crippen LogP contribution in [0.25, 0.3) is 0 Å². The van der Waals surface area contributed by atoms with Gasteiger partial charge in [0.15, 0.2) is 5.41 Å². The molecule has 9 nitrogen and oxygen atoms in total. The van der Waals surface area contributed by atoms with Crippen LogP contribution in [0.1, 0.15) is 0 Å². The van der Waals surface area contributed by atoms with Crippen LogP contribution in [0.2, 0.25) is 0 Å². The molecule has 3 atom stereocenters. The van der Waals surface area contributed by atoms with Crippen LogP contribution in [0.15, 0.2) is 21.8 Å². The normalized spacial score (nSPS) is 30.4. The SMILES string of the molecule is NC(SN1C=NC=NC1)C1(C=O)C(=O)N2C(C(=O)O)=CCS[C@H]21. The first-order valence-corrected chi connectivity index (χ1v) is 8.46. The van der Waals surface area contributed by atoms with Gasteiger partial charge in [-0.3, -0.25) is 19.0 Å². The fourth-order valence-corrected chi connectivity index (χ4v) is 5.01. The van der Waals surface area contributed by atoms with Crippen LogP contribution in [0, 0.1) is 5.41 Å². The van der Waals surface area contributed by atoms with Crippen LogP contribution in [0.4, 0.5) is 0 Å². The number of nitrogens with two attached hydrogens (primary N) is 1. The minimum absolute atomic E-state index is 0.0995. The molecule has 3 rings (SSSR count). The van der Waals surface area contributed by atoms with Gasteiger partial charge < -0.3 is 15.6 Å². The Bertz CT molecular complexity index is 651. The number of aliphatic carboxylic acids is 1. The molecule has 3 aliphatic rings. The molecule has 0 aromatic rings. The fraction of sp³-hybridized carbons (Fsp3) is 0.417. The largest absolute Gasteiger partial charge is 0.477 e. The summed E-state index contributed by atoms with van der Waals surface area (Å²) in [4.78, 5) is 44.5. The van der Waals surface area contributed by atoms with E-state index in [0.29, 0.717) is 18.7 Å². The molecular formula is C12H13N5O4S2. The predicted octanol–water partition coefficient (Wildman–Crippen LogP) is -0.682. The molecule has 3 N–H and O–H groups in total. The van der Waals surface area contributed by atoms with Gasteiger partial charge in [0.2, 0.25) is 5.91 Å². The molecule has 1 amide bonds. The number of β-lactam (4-membered cyclic amide) rings is 1. The lowest BCUT2D eigenvalue weighted by atomic mass is 9.78. The average Bonchev–Trinajstić information content (AvgIpc) is 2.55.